The topological polar surface area (TPSA) is 80.4 Å². The molecule has 2 aromatic carbocycles. The number of rotatable bonds is 4. The van der Waals surface area contributed by atoms with E-state index in [1.54, 1.807) is 36.4 Å². The lowest BCUT2D eigenvalue weighted by Crippen LogP contribution is -1.95. The third-order valence-electron chi connectivity index (χ3n) is 2.74. The van der Waals surface area contributed by atoms with E-state index in [4.69, 9.17) is 5.11 Å². The first kappa shape index (κ1) is 13.5. The lowest BCUT2D eigenvalue weighted by molar-refractivity contribution is -0.384. The number of carboxylic acid groups (broad SMARTS) is 1. The molecule has 1 N–H and O–H groups in total. The van der Waals surface area contributed by atoms with Gasteiger partial charge in [-0.2, -0.15) is 0 Å². The molecule has 0 aliphatic rings. The first-order valence-electron chi connectivity index (χ1n) is 5.83. The predicted octanol–water partition coefficient (Wildman–Crippen LogP) is 3.11. The summed E-state index contributed by atoms with van der Waals surface area (Å²) in [4.78, 5) is 21.1. The van der Waals surface area contributed by atoms with Gasteiger partial charge in [-0.1, -0.05) is 30.3 Å². The van der Waals surface area contributed by atoms with Crippen LogP contribution >= 0.6 is 0 Å². The van der Waals surface area contributed by atoms with Gasteiger partial charge in [-0.05, 0) is 28.8 Å². The molecular formula is C15H11NO4. The number of hydrogen-bond donors (Lipinski definition) is 1. The smallest absolute Gasteiger partial charge is 0.328 e. The minimum atomic E-state index is -1.07. The van der Waals surface area contributed by atoms with Crippen LogP contribution in [0.1, 0.15) is 11.1 Å². The zero-order valence-electron chi connectivity index (χ0n) is 10.4. The molecule has 0 amide bonds. The summed E-state index contributed by atoms with van der Waals surface area (Å²) in [6, 6.07) is 14.8. The predicted molar refractivity (Wildman–Crippen MR) is 74.3 cm³/mol. The fourth-order valence-electron chi connectivity index (χ4n) is 1.84. The van der Waals surface area contributed by atoms with Gasteiger partial charge in [-0.3, -0.25) is 10.1 Å². The molecule has 0 saturated carbocycles. The van der Waals surface area contributed by atoms with Crippen LogP contribution < -0.4 is 0 Å². The molecular weight excluding hydrogens is 258 g/mol. The molecule has 0 heterocycles. The summed E-state index contributed by atoms with van der Waals surface area (Å²) in [5, 5.41) is 19.6. The van der Waals surface area contributed by atoms with Gasteiger partial charge in [0.2, 0.25) is 0 Å². The van der Waals surface area contributed by atoms with E-state index in [9.17, 15) is 14.9 Å². The van der Waals surface area contributed by atoms with Crippen molar-refractivity contribution in [1.29, 1.82) is 0 Å². The highest BCUT2D eigenvalue weighted by Crippen LogP contribution is 2.25. The number of aliphatic carboxylic acids is 1. The molecule has 0 aliphatic carbocycles. The van der Waals surface area contributed by atoms with Crippen LogP contribution in [-0.4, -0.2) is 16.0 Å². The molecule has 2 aromatic rings. The van der Waals surface area contributed by atoms with Crippen molar-refractivity contribution >= 4 is 17.2 Å². The summed E-state index contributed by atoms with van der Waals surface area (Å²) in [5.74, 6) is -1.07. The lowest BCUT2D eigenvalue weighted by Gasteiger charge is -2.07. The highest BCUT2D eigenvalue weighted by atomic mass is 16.6. The van der Waals surface area contributed by atoms with Crippen molar-refractivity contribution < 1.29 is 14.8 Å². The Bertz CT molecular complexity index is 660. The maximum absolute atomic E-state index is 10.9. The molecule has 5 nitrogen and oxygen atoms in total. The van der Waals surface area contributed by atoms with Gasteiger partial charge in [0.25, 0.3) is 5.69 Å². The van der Waals surface area contributed by atoms with Crippen molar-refractivity contribution in [2.24, 2.45) is 0 Å². The summed E-state index contributed by atoms with van der Waals surface area (Å²) >= 11 is 0. The van der Waals surface area contributed by atoms with E-state index >= 15 is 0 Å². The zero-order valence-corrected chi connectivity index (χ0v) is 10.4. The van der Waals surface area contributed by atoms with E-state index < -0.39 is 10.9 Å². The minimum absolute atomic E-state index is 0.0310. The number of benzene rings is 2. The van der Waals surface area contributed by atoms with Crippen molar-refractivity contribution in [3.05, 3.63) is 81.9 Å². The Balaban J connectivity index is 2.48. The SMILES string of the molecule is O=C(O)C=C(c1ccccc1)c1ccc([N+](=O)[O-])cc1. The van der Waals surface area contributed by atoms with E-state index in [2.05, 4.69) is 0 Å². The molecule has 0 aromatic heterocycles. The molecule has 0 unspecified atom stereocenters. The van der Waals surface area contributed by atoms with Crippen molar-refractivity contribution in [1.82, 2.24) is 0 Å². The van der Waals surface area contributed by atoms with Gasteiger partial charge in [-0.25, -0.2) is 4.79 Å². The molecule has 0 radical (unpaired) electrons. The van der Waals surface area contributed by atoms with Gasteiger partial charge in [-0.15, -0.1) is 0 Å². The number of nitrogens with zero attached hydrogens (tertiary/aromatic N) is 1. The van der Waals surface area contributed by atoms with E-state index in [0.717, 1.165) is 11.6 Å². The lowest BCUT2D eigenvalue weighted by atomic mass is 9.97. The van der Waals surface area contributed by atoms with E-state index in [1.165, 1.54) is 12.1 Å². The molecule has 0 aliphatic heterocycles. The second-order valence-corrected chi connectivity index (χ2v) is 4.07. The summed E-state index contributed by atoms with van der Waals surface area (Å²) in [5.41, 5.74) is 1.83. The van der Waals surface area contributed by atoms with E-state index in [-0.39, 0.29) is 5.69 Å². The first-order chi connectivity index (χ1) is 9.58. The Morgan fingerprint density at radius 1 is 1.00 bits per heavy atom. The molecule has 100 valence electrons. The maximum atomic E-state index is 10.9. The van der Waals surface area contributed by atoms with Crippen LogP contribution in [0.15, 0.2) is 60.7 Å². The molecule has 20 heavy (non-hydrogen) atoms. The maximum Gasteiger partial charge on any atom is 0.328 e. The number of hydrogen-bond acceptors (Lipinski definition) is 3. The summed E-state index contributed by atoms with van der Waals surface area (Å²) < 4.78 is 0. The Labute approximate surface area is 115 Å². The van der Waals surface area contributed by atoms with E-state index in [0.29, 0.717) is 11.1 Å². The normalized spacial score (nSPS) is 11.1. The van der Waals surface area contributed by atoms with Gasteiger partial charge in [0.15, 0.2) is 0 Å². The number of nitro groups is 1. The average Bonchev–Trinajstić information content (AvgIpc) is 2.45. The highest BCUT2D eigenvalue weighted by Gasteiger charge is 2.10. The largest absolute Gasteiger partial charge is 0.478 e. The number of carboxylic acids is 1. The monoisotopic (exact) mass is 269 g/mol. The Hall–Kier alpha value is -2.95. The van der Waals surface area contributed by atoms with Crippen LogP contribution in [0.5, 0.6) is 0 Å². The number of carbonyl (C=O) groups is 1. The molecule has 0 spiro atoms. The summed E-state index contributed by atoms with van der Waals surface area (Å²) in [7, 11) is 0. The molecule has 0 bridgehead atoms. The van der Waals surface area contributed by atoms with Crippen LogP contribution in [-0.2, 0) is 4.79 Å². The molecule has 2 rings (SSSR count). The van der Waals surface area contributed by atoms with Gasteiger partial charge >= 0.3 is 5.97 Å². The van der Waals surface area contributed by atoms with Crippen LogP contribution in [0, 0.1) is 10.1 Å². The Morgan fingerprint density at radius 2 is 1.55 bits per heavy atom. The van der Waals surface area contributed by atoms with Gasteiger partial charge in [0.05, 0.1) is 4.92 Å². The summed E-state index contributed by atoms with van der Waals surface area (Å²) in [6.45, 7) is 0. The van der Waals surface area contributed by atoms with Crippen LogP contribution in [0.4, 0.5) is 5.69 Å². The van der Waals surface area contributed by atoms with Gasteiger partial charge in [0.1, 0.15) is 0 Å². The summed E-state index contributed by atoms with van der Waals surface area (Å²) in [6.07, 6.45) is 1.09. The fraction of sp³-hybridized carbons (Fsp3) is 0. The molecule has 0 atom stereocenters. The quantitative estimate of drug-likeness (QED) is 0.525. The fourth-order valence-corrected chi connectivity index (χ4v) is 1.84. The molecule has 5 heteroatoms. The van der Waals surface area contributed by atoms with E-state index in [1.807, 2.05) is 6.07 Å². The van der Waals surface area contributed by atoms with Crippen molar-refractivity contribution in [2.45, 2.75) is 0 Å². The average molecular weight is 269 g/mol. The number of non-ortho nitro benzene ring substituents is 1. The highest BCUT2D eigenvalue weighted by molar-refractivity contribution is 5.95. The first-order valence-corrected chi connectivity index (χ1v) is 5.83. The third kappa shape index (κ3) is 3.08. The van der Waals surface area contributed by atoms with Gasteiger partial charge in [0, 0.05) is 18.2 Å². The van der Waals surface area contributed by atoms with Crippen LogP contribution in [0.2, 0.25) is 0 Å². The van der Waals surface area contributed by atoms with Crippen LogP contribution in [0.3, 0.4) is 0 Å². The Kier molecular flexibility index (Phi) is 3.91. The third-order valence-corrected chi connectivity index (χ3v) is 2.74. The minimum Gasteiger partial charge on any atom is -0.478 e. The molecule has 0 saturated heterocycles. The van der Waals surface area contributed by atoms with Crippen molar-refractivity contribution in [2.75, 3.05) is 0 Å². The Morgan fingerprint density at radius 3 is 2.05 bits per heavy atom. The second-order valence-electron chi connectivity index (χ2n) is 4.07. The van der Waals surface area contributed by atoms with Crippen LogP contribution in [0.25, 0.3) is 5.57 Å². The molecule has 0 fully saturated rings. The standard InChI is InChI=1S/C15H11NO4/c17-15(18)10-14(11-4-2-1-3-5-11)12-6-8-13(9-7-12)16(19)20/h1-10H,(H,17,18). The van der Waals surface area contributed by atoms with Crippen molar-refractivity contribution in [3.63, 3.8) is 0 Å². The number of nitro benzene ring substituents is 1. The second kappa shape index (κ2) is 5.79. The van der Waals surface area contributed by atoms with Crippen molar-refractivity contribution in [3.8, 4) is 0 Å². The zero-order chi connectivity index (χ0) is 14.5. The van der Waals surface area contributed by atoms with Gasteiger partial charge < -0.3 is 5.11 Å².